The average molecular weight is 252 g/mol. The maximum atomic E-state index is 4.51. The Bertz CT molecular complexity index is 309. The Hall–Kier alpha value is -0.540. The van der Waals surface area contributed by atoms with Gasteiger partial charge in [0.1, 0.15) is 0 Å². The second kappa shape index (κ2) is 7.72. The lowest BCUT2D eigenvalue weighted by molar-refractivity contribution is 0.582. The Kier molecular flexibility index (Phi) is 6.60. The van der Waals surface area contributed by atoms with Crippen molar-refractivity contribution in [2.45, 2.75) is 45.1 Å². The SMILES string of the molecule is CCNC(C)c1ccc(SCCC(C)C)cn1. The summed E-state index contributed by atoms with van der Waals surface area (Å²) >= 11 is 1.90. The van der Waals surface area contributed by atoms with Gasteiger partial charge in [0.15, 0.2) is 0 Å². The van der Waals surface area contributed by atoms with Crippen LogP contribution >= 0.6 is 11.8 Å². The minimum atomic E-state index is 0.342. The Morgan fingerprint density at radius 3 is 2.59 bits per heavy atom. The Morgan fingerprint density at radius 2 is 2.06 bits per heavy atom. The van der Waals surface area contributed by atoms with E-state index >= 15 is 0 Å². The molecule has 0 fully saturated rings. The second-order valence-electron chi connectivity index (χ2n) is 4.73. The van der Waals surface area contributed by atoms with E-state index in [0.717, 1.165) is 18.2 Å². The van der Waals surface area contributed by atoms with Crippen molar-refractivity contribution in [1.29, 1.82) is 0 Å². The molecule has 1 heterocycles. The van der Waals surface area contributed by atoms with Gasteiger partial charge in [0.25, 0.3) is 0 Å². The summed E-state index contributed by atoms with van der Waals surface area (Å²) in [7, 11) is 0. The third-order valence-electron chi connectivity index (χ3n) is 2.68. The third-order valence-corrected chi connectivity index (χ3v) is 3.69. The van der Waals surface area contributed by atoms with Gasteiger partial charge < -0.3 is 5.32 Å². The van der Waals surface area contributed by atoms with Gasteiger partial charge in [-0.25, -0.2) is 0 Å². The first kappa shape index (κ1) is 14.5. The topological polar surface area (TPSA) is 24.9 Å². The minimum absolute atomic E-state index is 0.342. The van der Waals surface area contributed by atoms with Gasteiger partial charge in [-0.2, -0.15) is 0 Å². The van der Waals surface area contributed by atoms with Crippen LogP contribution in [0.15, 0.2) is 23.2 Å². The largest absolute Gasteiger partial charge is 0.309 e. The van der Waals surface area contributed by atoms with Crippen molar-refractivity contribution in [3.8, 4) is 0 Å². The normalized spacial score (nSPS) is 13.0. The Labute approximate surface area is 110 Å². The van der Waals surface area contributed by atoms with Crippen molar-refractivity contribution in [2.24, 2.45) is 5.92 Å². The molecular weight excluding hydrogens is 228 g/mol. The first-order valence-corrected chi connectivity index (χ1v) is 7.44. The molecule has 0 saturated carbocycles. The van der Waals surface area contributed by atoms with Gasteiger partial charge in [-0.15, -0.1) is 11.8 Å². The van der Waals surface area contributed by atoms with E-state index in [2.05, 4.69) is 50.1 Å². The maximum absolute atomic E-state index is 4.51. The molecule has 2 nitrogen and oxygen atoms in total. The fourth-order valence-electron chi connectivity index (χ4n) is 1.56. The molecule has 1 aromatic heterocycles. The maximum Gasteiger partial charge on any atom is 0.0571 e. The molecule has 1 unspecified atom stereocenters. The molecule has 3 heteroatoms. The highest BCUT2D eigenvalue weighted by atomic mass is 32.2. The monoisotopic (exact) mass is 252 g/mol. The number of thioether (sulfide) groups is 1. The lowest BCUT2D eigenvalue weighted by atomic mass is 10.2. The summed E-state index contributed by atoms with van der Waals surface area (Å²) in [5.41, 5.74) is 1.13. The van der Waals surface area contributed by atoms with Crippen LogP contribution in [0.4, 0.5) is 0 Å². The smallest absolute Gasteiger partial charge is 0.0571 e. The van der Waals surface area contributed by atoms with Crippen molar-refractivity contribution in [3.63, 3.8) is 0 Å². The molecule has 0 bridgehead atoms. The molecule has 1 atom stereocenters. The molecule has 0 radical (unpaired) electrons. The number of pyridine rings is 1. The van der Waals surface area contributed by atoms with Gasteiger partial charge in [0.2, 0.25) is 0 Å². The third kappa shape index (κ3) is 5.55. The predicted molar refractivity (Wildman–Crippen MR) is 76.5 cm³/mol. The van der Waals surface area contributed by atoms with Crippen LogP contribution in [0.25, 0.3) is 0 Å². The fourth-order valence-corrected chi connectivity index (χ4v) is 2.67. The zero-order valence-electron chi connectivity index (χ0n) is 11.4. The van der Waals surface area contributed by atoms with Gasteiger partial charge in [0, 0.05) is 17.1 Å². The summed E-state index contributed by atoms with van der Waals surface area (Å²) in [6.07, 6.45) is 3.26. The van der Waals surface area contributed by atoms with E-state index in [1.165, 1.54) is 17.1 Å². The van der Waals surface area contributed by atoms with Gasteiger partial charge in [-0.3, -0.25) is 4.98 Å². The van der Waals surface area contributed by atoms with Gasteiger partial charge in [-0.05, 0) is 43.7 Å². The van der Waals surface area contributed by atoms with Crippen molar-refractivity contribution in [3.05, 3.63) is 24.0 Å². The minimum Gasteiger partial charge on any atom is -0.309 e. The Balaban J connectivity index is 2.44. The van der Waals surface area contributed by atoms with E-state index in [9.17, 15) is 0 Å². The van der Waals surface area contributed by atoms with Crippen LogP contribution in [0.2, 0.25) is 0 Å². The first-order valence-electron chi connectivity index (χ1n) is 6.45. The highest BCUT2D eigenvalue weighted by Crippen LogP contribution is 2.21. The van der Waals surface area contributed by atoms with Crippen molar-refractivity contribution >= 4 is 11.8 Å². The molecule has 0 spiro atoms. The molecule has 17 heavy (non-hydrogen) atoms. The summed E-state index contributed by atoms with van der Waals surface area (Å²) in [5, 5.41) is 3.37. The fraction of sp³-hybridized carbons (Fsp3) is 0.643. The number of aromatic nitrogens is 1. The molecule has 1 aromatic rings. The summed E-state index contributed by atoms with van der Waals surface area (Å²) in [4.78, 5) is 5.79. The van der Waals surface area contributed by atoms with Crippen LogP contribution in [0, 0.1) is 5.92 Å². The number of hydrogen-bond acceptors (Lipinski definition) is 3. The molecule has 0 saturated heterocycles. The molecule has 1 rings (SSSR count). The quantitative estimate of drug-likeness (QED) is 0.745. The number of rotatable bonds is 7. The van der Waals surface area contributed by atoms with Gasteiger partial charge in [-0.1, -0.05) is 20.8 Å². The van der Waals surface area contributed by atoms with E-state index in [1.54, 1.807) is 0 Å². The molecule has 0 aromatic carbocycles. The summed E-state index contributed by atoms with van der Waals surface area (Å²) < 4.78 is 0. The molecular formula is C14H24N2S. The van der Waals surface area contributed by atoms with Crippen molar-refractivity contribution in [2.75, 3.05) is 12.3 Å². The van der Waals surface area contributed by atoms with Crippen LogP contribution in [-0.2, 0) is 0 Å². The summed E-state index contributed by atoms with van der Waals surface area (Å²) in [6, 6.07) is 4.65. The lowest BCUT2D eigenvalue weighted by Crippen LogP contribution is -2.18. The molecule has 0 aliphatic heterocycles. The highest BCUT2D eigenvalue weighted by Gasteiger charge is 2.05. The summed E-state index contributed by atoms with van der Waals surface area (Å²) in [6.45, 7) is 9.78. The van der Waals surface area contributed by atoms with E-state index < -0.39 is 0 Å². The van der Waals surface area contributed by atoms with Crippen LogP contribution in [-0.4, -0.2) is 17.3 Å². The zero-order valence-corrected chi connectivity index (χ0v) is 12.2. The number of nitrogens with one attached hydrogen (secondary N) is 1. The molecule has 0 aliphatic carbocycles. The van der Waals surface area contributed by atoms with E-state index in [4.69, 9.17) is 0 Å². The van der Waals surface area contributed by atoms with E-state index in [-0.39, 0.29) is 0 Å². The van der Waals surface area contributed by atoms with Crippen LogP contribution in [0.3, 0.4) is 0 Å². The predicted octanol–water partition coefficient (Wildman–Crippen LogP) is 3.89. The molecule has 0 amide bonds. The molecule has 1 N–H and O–H groups in total. The van der Waals surface area contributed by atoms with E-state index in [1.807, 2.05) is 18.0 Å². The average Bonchev–Trinajstić information content (AvgIpc) is 2.30. The Morgan fingerprint density at radius 1 is 1.29 bits per heavy atom. The van der Waals surface area contributed by atoms with E-state index in [0.29, 0.717) is 6.04 Å². The van der Waals surface area contributed by atoms with Crippen LogP contribution < -0.4 is 5.32 Å². The molecule has 0 aliphatic rings. The standard InChI is InChI=1S/C14H24N2S/c1-5-15-12(4)14-7-6-13(10-16-14)17-9-8-11(2)3/h6-7,10-12,15H,5,8-9H2,1-4H3. The number of hydrogen-bond donors (Lipinski definition) is 1. The highest BCUT2D eigenvalue weighted by molar-refractivity contribution is 7.99. The second-order valence-corrected chi connectivity index (χ2v) is 5.90. The number of nitrogens with zero attached hydrogens (tertiary/aromatic N) is 1. The van der Waals surface area contributed by atoms with Crippen molar-refractivity contribution < 1.29 is 0 Å². The first-order chi connectivity index (χ1) is 8.13. The van der Waals surface area contributed by atoms with Crippen LogP contribution in [0.1, 0.15) is 45.9 Å². The van der Waals surface area contributed by atoms with Gasteiger partial charge in [0.05, 0.1) is 5.69 Å². The van der Waals surface area contributed by atoms with Gasteiger partial charge >= 0.3 is 0 Å². The van der Waals surface area contributed by atoms with Crippen molar-refractivity contribution in [1.82, 2.24) is 10.3 Å². The molecule has 96 valence electrons. The summed E-state index contributed by atoms with van der Waals surface area (Å²) in [5.74, 6) is 1.96. The lowest BCUT2D eigenvalue weighted by Gasteiger charge is -2.12. The zero-order chi connectivity index (χ0) is 12.7. The van der Waals surface area contributed by atoms with Crippen LogP contribution in [0.5, 0.6) is 0 Å².